The lowest BCUT2D eigenvalue weighted by atomic mass is 10.1. The summed E-state index contributed by atoms with van der Waals surface area (Å²) in [6.45, 7) is 0. The number of esters is 1. The van der Waals surface area contributed by atoms with Gasteiger partial charge < -0.3 is 15.8 Å². The number of carbonyl (C=O) groups excluding carboxylic acids is 1. The average Bonchev–Trinajstić information content (AvgIpc) is 3.37. The second-order valence-corrected chi connectivity index (χ2v) is 8.94. The van der Waals surface area contributed by atoms with Crippen LogP contribution >= 0.6 is 0 Å². The molecule has 3 N–H and O–H groups in total. The molecule has 0 bridgehead atoms. The van der Waals surface area contributed by atoms with Gasteiger partial charge in [-0.2, -0.15) is 0 Å². The Bertz CT molecular complexity index is 1160. The minimum Gasteiger partial charge on any atom is -0.469 e. The Morgan fingerprint density at radius 1 is 1.24 bits per heavy atom. The summed E-state index contributed by atoms with van der Waals surface area (Å²) in [4.78, 5) is 16.2. The van der Waals surface area contributed by atoms with Crippen LogP contribution in [0.5, 0.6) is 0 Å². The summed E-state index contributed by atoms with van der Waals surface area (Å²) in [5.74, 6) is -0.346. The van der Waals surface area contributed by atoms with Crippen molar-refractivity contribution in [3.8, 4) is 0 Å². The number of hydrogen-bond donors (Lipinski definition) is 2. The highest BCUT2D eigenvalue weighted by atomic mass is 32.2. The molecule has 1 aliphatic carbocycles. The first-order valence-corrected chi connectivity index (χ1v) is 10.8. The summed E-state index contributed by atoms with van der Waals surface area (Å²) in [5, 5.41) is 4.00. The van der Waals surface area contributed by atoms with E-state index in [9.17, 15) is 13.2 Å². The Labute approximate surface area is 168 Å². The minimum atomic E-state index is -3.78. The van der Waals surface area contributed by atoms with Crippen molar-refractivity contribution in [3.63, 3.8) is 0 Å². The van der Waals surface area contributed by atoms with Crippen molar-refractivity contribution in [2.45, 2.75) is 30.2 Å². The monoisotopic (exact) mass is 414 g/mol. The first-order chi connectivity index (χ1) is 13.9. The zero-order valence-corrected chi connectivity index (χ0v) is 16.7. The maximum atomic E-state index is 13.0. The van der Waals surface area contributed by atoms with Gasteiger partial charge in [0.15, 0.2) is 5.65 Å². The molecule has 9 heteroatoms. The number of nitrogens with two attached hydrogens (primary N) is 1. The van der Waals surface area contributed by atoms with E-state index in [4.69, 9.17) is 10.5 Å². The van der Waals surface area contributed by atoms with E-state index in [1.165, 1.54) is 19.5 Å². The van der Waals surface area contributed by atoms with E-state index in [1.807, 2.05) is 0 Å². The molecule has 1 saturated carbocycles. The number of nitrogens with one attached hydrogen (secondary N) is 1. The summed E-state index contributed by atoms with van der Waals surface area (Å²) in [7, 11) is -2.39. The van der Waals surface area contributed by atoms with E-state index in [0.717, 1.165) is 16.8 Å². The molecule has 3 aromatic rings. The maximum absolute atomic E-state index is 13.0. The first-order valence-electron chi connectivity index (χ1n) is 9.32. The van der Waals surface area contributed by atoms with E-state index in [0.29, 0.717) is 28.8 Å². The standard InChI is InChI=1S/C20H22N4O4S/c1-28-20(25)13-7-8-14(11-13)23-18-16-9-10-24(19(16)22-12-17(18)21)29(26,27)15-5-3-2-4-6-15/h2-6,9-10,12-14H,7-8,11,21H2,1H3,(H,22,23). The van der Waals surface area contributed by atoms with Crippen molar-refractivity contribution in [1.29, 1.82) is 0 Å². The number of aromatic nitrogens is 2. The number of pyridine rings is 1. The number of fused-ring (bicyclic) bond motifs is 1. The van der Waals surface area contributed by atoms with Gasteiger partial charge >= 0.3 is 5.97 Å². The van der Waals surface area contributed by atoms with E-state index >= 15 is 0 Å². The van der Waals surface area contributed by atoms with Crippen LogP contribution in [0.4, 0.5) is 11.4 Å². The number of rotatable bonds is 5. The third-order valence-corrected chi connectivity index (χ3v) is 7.01. The van der Waals surface area contributed by atoms with Gasteiger partial charge in [0, 0.05) is 17.6 Å². The van der Waals surface area contributed by atoms with Crippen LogP contribution in [-0.4, -0.2) is 36.5 Å². The van der Waals surface area contributed by atoms with Crippen LogP contribution in [-0.2, 0) is 19.6 Å². The highest BCUT2D eigenvalue weighted by molar-refractivity contribution is 7.90. The molecule has 2 unspecified atom stereocenters. The highest BCUT2D eigenvalue weighted by Crippen LogP contribution is 2.35. The molecule has 8 nitrogen and oxygen atoms in total. The maximum Gasteiger partial charge on any atom is 0.308 e. The summed E-state index contributed by atoms with van der Waals surface area (Å²) in [6.07, 6.45) is 5.11. The summed E-state index contributed by atoms with van der Waals surface area (Å²) in [6, 6.07) is 9.93. The van der Waals surface area contributed by atoms with Crippen LogP contribution in [0.25, 0.3) is 11.0 Å². The molecule has 0 saturated heterocycles. The van der Waals surface area contributed by atoms with Gasteiger partial charge in [-0.1, -0.05) is 18.2 Å². The summed E-state index contributed by atoms with van der Waals surface area (Å²) < 4.78 is 32.0. The fourth-order valence-corrected chi connectivity index (χ4v) is 5.16. The quantitative estimate of drug-likeness (QED) is 0.616. The molecule has 29 heavy (non-hydrogen) atoms. The van der Waals surface area contributed by atoms with Crippen molar-refractivity contribution in [2.24, 2.45) is 5.92 Å². The normalized spacial score (nSPS) is 19.3. The lowest BCUT2D eigenvalue weighted by molar-refractivity contribution is -0.145. The molecule has 2 atom stereocenters. The van der Waals surface area contributed by atoms with E-state index < -0.39 is 10.0 Å². The Balaban J connectivity index is 1.69. The molecule has 0 spiro atoms. The molecule has 2 aromatic heterocycles. The lowest BCUT2D eigenvalue weighted by Gasteiger charge is -2.17. The number of hydrogen-bond acceptors (Lipinski definition) is 7. The lowest BCUT2D eigenvalue weighted by Crippen LogP contribution is -2.20. The second kappa shape index (κ2) is 7.40. The van der Waals surface area contributed by atoms with E-state index in [-0.39, 0.29) is 22.8 Å². The molecule has 1 aliphatic rings. The molecular formula is C20H22N4O4S. The fraction of sp³-hybridized carbons (Fsp3) is 0.300. The Kier molecular flexibility index (Phi) is 4.91. The summed E-state index contributed by atoms with van der Waals surface area (Å²) >= 11 is 0. The van der Waals surface area contributed by atoms with Gasteiger partial charge in [0.2, 0.25) is 0 Å². The Morgan fingerprint density at radius 2 is 2.00 bits per heavy atom. The third kappa shape index (κ3) is 3.42. The van der Waals surface area contributed by atoms with Crippen LogP contribution in [0.15, 0.2) is 53.7 Å². The average molecular weight is 414 g/mol. The number of nitrogen functional groups attached to an aromatic ring is 1. The van der Waals surface area contributed by atoms with Crippen molar-refractivity contribution < 1.29 is 17.9 Å². The molecule has 0 amide bonds. The number of carbonyl (C=O) groups is 1. The predicted molar refractivity (Wildman–Crippen MR) is 110 cm³/mol. The number of anilines is 2. The largest absolute Gasteiger partial charge is 0.469 e. The predicted octanol–water partition coefficient (Wildman–Crippen LogP) is 2.61. The van der Waals surface area contributed by atoms with Crippen LogP contribution < -0.4 is 11.1 Å². The fourth-order valence-electron chi connectivity index (χ4n) is 3.84. The third-order valence-electron chi connectivity index (χ3n) is 5.33. The van der Waals surface area contributed by atoms with Crippen LogP contribution in [0, 0.1) is 5.92 Å². The molecule has 1 fully saturated rings. The zero-order chi connectivity index (χ0) is 20.6. The van der Waals surface area contributed by atoms with Gasteiger partial charge in [-0.3, -0.25) is 4.79 Å². The smallest absolute Gasteiger partial charge is 0.308 e. The molecule has 152 valence electrons. The molecule has 1 aromatic carbocycles. The van der Waals surface area contributed by atoms with Crippen molar-refractivity contribution in [3.05, 3.63) is 48.8 Å². The minimum absolute atomic E-state index is 0.0427. The SMILES string of the molecule is COC(=O)C1CCC(Nc2c(N)cnc3c2ccn3S(=O)(=O)c2ccccc2)C1. The van der Waals surface area contributed by atoms with Crippen molar-refractivity contribution in [2.75, 3.05) is 18.2 Å². The van der Waals surface area contributed by atoms with Gasteiger partial charge in [-0.25, -0.2) is 17.4 Å². The number of ether oxygens (including phenoxy) is 1. The van der Waals surface area contributed by atoms with Crippen LogP contribution in [0.1, 0.15) is 19.3 Å². The number of nitrogens with zero attached hydrogens (tertiary/aromatic N) is 2. The zero-order valence-electron chi connectivity index (χ0n) is 15.9. The van der Waals surface area contributed by atoms with Gasteiger partial charge in [0.1, 0.15) is 0 Å². The highest BCUT2D eigenvalue weighted by Gasteiger charge is 2.31. The molecule has 4 rings (SSSR count). The van der Waals surface area contributed by atoms with E-state index in [1.54, 1.807) is 36.4 Å². The topological polar surface area (TPSA) is 116 Å². The number of benzene rings is 1. The first kappa shape index (κ1) is 19.3. The van der Waals surface area contributed by atoms with Gasteiger partial charge in [-0.05, 0) is 37.5 Å². The molecule has 0 aliphatic heterocycles. The van der Waals surface area contributed by atoms with Gasteiger partial charge in [-0.15, -0.1) is 0 Å². The summed E-state index contributed by atoms with van der Waals surface area (Å²) in [5.41, 5.74) is 7.50. The molecule has 0 radical (unpaired) electrons. The van der Waals surface area contributed by atoms with Crippen molar-refractivity contribution in [1.82, 2.24) is 8.96 Å². The molecular weight excluding hydrogens is 392 g/mol. The van der Waals surface area contributed by atoms with Gasteiger partial charge in [0.05, 0.1) is 35.5 Å². The van der Waals surface area contributed by atoms with Crippen molar-refractivity contribution >= 4 is 38.4 Å². The Morgan fingerprint density at radius 3 is 2.72 bits per heavy atom. The number of methoxy groups -OCH3 is 1. The Hall–Kier alpha value is -3.07. The molecule has 2 heterocycles. The van der Waals surface area contributed by atoms with Crippen LogP contribution in [0.2, 0.25) is 0 Å². The van der Waals surface area contributed by atoms with Crippen LogP contribution in [0.3, 0.4) is 0 Å². The van der Waals surface area contributed by atoms with E-state index in [2.05, 4.69) is 10.3 Å². The second-order valence-electron chi connectivity index (χ2n) is 7.13. The van der Waals surface area contributed by atoms with Gasteiger partial charge in [0.25, 0.3) is 10.0 Å².